The third-order valence-corrected chi connectivity index (χ3v) is 11.7. The first-order chi connectivity index (χ1) is 23.2. The van der Waals surface area contributed by atoms with Gasteiger partial charge in [-0.15, -0.1) is 22.7 Å². The van der Waals surface area contributed by atoms with Crippen molar-refractivity contribution in [2.75, 3.05) is 49.1 Å². The van der Waals surface area contributed by atoms with Crippen molar-refractivity contribution >= 4 is 57.7 Å². The minimum Gasteiger partial charge on any atom is -0.480 e. The Morgan fingerprint density at radius 3 is 1.62 bits per heavy atom. The van der Waals surface area contributed by atoms with E-state index >= 15 is 0 Å². The molecule has 4 aromatic rings. The van der Waals surface area contributed by atoms with Crippen LogP contribution in [0.3, 0.4) is 0 Å². The quantitative estimate of drug-likeness (QED) is 0.300. The Balaban J connectivity index is 1.03. The Labute approximate surface area is 284 Å². The van der Waals surface area contributed by atoms with Gasteiger partial charge in [-0.2, -0.15) is 0 Å². The van der Waals surface area contributed by atoms with E-state index in [1.54, 1.807) is 0 Å². The van der Waals surface area contributed by atoms with Crippen LogP contribution in [-0.4, -0.2) is 87.8 Å². The molecule has 6 heterocycles. The van der Waals surface area contributed by atoms with Crippen molar-refractivity contribution in [2.24, 2.45) is 5.73 Å². The van der Waals surface area contributed by atoms with Gasteiger partial charge >= 0.3 is 5.97 Å². The number of hydrogen-bond donors (Lipinski definition) is 2. The van der Waals surface area contributed by atoms with E-state index in [-0.39, 0.29) is 30.8 Å². The summed E-state index contributed by atoms with van der Waals surface area (Å²) >= 11 is 2.77. The molecule has 8 rings (SSSR count). The highest BCUT2D eigenvalue weighted by Crippen LogP contribution is 2.43. The number of primary amides is 1. The number of rotatable bonds is 7. The Kier molecular flexibility index (Phi) is 7.82. The van der Waals surface area contributed by atoms with Gasteiger partial charge < -0.3 is 20.6 Å². The number of aliphatic carboxylic acids is 1. The molecule has 4 aliphatic rings. The molecule has 0 fully saturated rings. The van der Waals surface area contributed by atoms with Crippen molar-refractivity contribution in [1.82, 2.24) is 19.8 Å². The molecule has 0 saturated heterocycles. The third-order valence-electron chi connectivity index (χ3n) is 9.56. The highest BCUT2D eigenvalue weighted by Gasteiger charge is 2.34. The fourth-order valence-corrected chi connectivity index (χ4v) is 9.59. The highest BCUT2D eigenvalue weighted by atomic mass is 32.1. The fourth-order valence-electron chi connectivity index (χ4n) is 7.39. The number of nitrogens with zero attached hydrogens (tertiary/aromatic N) is 6. The molecule has 14 heteroatoms. The van der Waals surface area contributed by atoms with Gasteiger partial charge in [-0.05, 0) is 47.2 Å². The topological polar surface area (TPSA) is 153 Å². The molecule has 3 amide bonds. The first-order valence-corrected chi connectivity index (χ1v) is 17.7. The molecule has 3 N–H and O–H groups in total. The van der Waals surface area contributed by atoms with Gasteiger partial charge in [0.05, 0.1) is 24.5 Å². The van der Waals surface area contributed by atoms with Crippen molar-refractivity contribution in [3.8, 4) is 11.1 Å². The van der Waals surface area contributed by atoms with Crippen LogP contribution in [0.4, 0.5) is 11.4 Å². The van der Waals surface area contributed by atoms with E-state index in [1.807, 2.05) is 43.9 Å². The summed E-state index contributed by atoms with van der Waals surface area (Å²) < 4.78 is 0. The second-order valence-corrected chi connectivity index (χ2v) is 14.7. The lowest BCUT2D eigenvalue weighted by molar-refractivity contribution is -0.138. The molecule has 0 atom stereocenters. The molecule has 0 bridgehead atoms. The summed E-state index contributed by atoms with van der Waals surface area (Å²) in [6, 6.07) is 12.1. The Hall–Kier alpha value is -4.50. The van der Waals surface area contributed by atoms with Crippen LogP contribution in [0, 0.1) is 0 Å². The first-order valence-electron chi connectivity index (χ1n) is 16.0. The number of fused-ring (bicyclic) bond motifs is 4. The van der Waals surface area contributed by atoms with E-state index in [4.69, 9.17) is 10.7 Å². The summed E-state index contributed by atoms with van der Waals surface area (Å²) in [5.41, 5.74) is 13.3. The van der Waals surface area contributed by atoms with Gasteiger partial charge in [0.1, 0.15) is 0 Å². The average Bonchev–Trinajstić information content (AvgIpc) is 3.86. The number of carbonyl (C=O) groups is 4. The lowest BCUT2D eigenvalue weighted by Crippen LogP contribution is -2.37. The second-order valence-electron chi connectivity index (χ2n) is 12.6. The van der Waals surface area contributed by atoms with Gasteiger partial charge in [-0.25, -0.2) is 9.97 Å². The molecule has 0 saturated carbocycles. The molecule has 2 aromatic heterocycles. The molecule has 0 spiro atoms. The maximum Gasteiger partial charge on any atom is 0.317 e. The number of nitrogens with two attached hydrogens (primary N) is 1. The minimum absolute atomic E-state index is 0.0245. The minimum atomic E-state index is -0.860. The van der Waals surface area contributed by atoms with Crippen molar-refractivity contribution in [3.63, 3.8) is 0 Å². The van der Waals surface area contributed by atoms with E-state index in [9.17, 15) is 24.3 Å². The van der Waals surface area contributed by atoms with E-state index in [0.717, 1.165) is 54.8 Å². The number of carboxylic acids is 1. The van der Waals surface area contributed by atoms with Gasteiger partial charge in [-0.3, -0.25) is 29.0 Å². The number of carboxylic acid groups (broad SMARTS) is 1. The van der Waals surface area contributed by atoms with Crippen LogP contribution in [0.25, 0.3) is 11.1 Å². The van der Waals surface area contributed by atoms with Crippen LogP contribution < -0.4 is 15.5 Å². The van der Waals surface area contributed by atoms with E-state index in [0.29, 0.717) is 75.0 Å². The summed E-state index contributed by atoms with van der Waals surface area (Å²) in [4.78, 5) is 69.1. The number of aromatic nitrogens is 2. The lowest BCUT2D eigenvalue weighted by atomic mass is 9.93. The van der Waals surface area contributed by atoms with E-state index < -0.39 is 5.97 Å². The second kappa shape index (κ2) is 12.2. The van der Waals surface area contributed by atoms with E-state index in [1.165, 1.54) is 22.7 Å². The van der Waals surface area contributed by atoms with Gasteiger partial charge in [0.2, 0.25) is 5.91 Å². The average molecular weight is 684 g/mol. The number of benzene rings is 2. The summed E-state index contributed by atoms with van der Waals surface area (Å²) in [5, 5.41) is 10.1. The molecule has 4 aliphatic heterocycles. The lowest BCUT2D eigenvalue weighted by Gasteiger charge is -2.24. The summed E-state index contributed by atoms with van der Waals surface area (Å²) in [6.07, 6.45) is 2.73. The molecule has 0 radical (unpaired) electrons. The van der Waals surface area contributed by atoms with E-state index in [2.05, 4.69) is 17.1 Å². The normalized spacial score (nSPS) is 17.2. The van der Waals surface area contributed by atoms with Crippen LogP contribution in [0.1, 0.15) is 51.9 Å². The van der Waals surface area contributed by atoms with Gasteiger partial charge in [0.15, 0.2) is 10.0 Å². The van der Waals surface area contributed by atoms with Crippen LogP contribution in [0.15, 0.2) is 36.4 Å². The fraction of sp³-hybridized carbons (Fsp3) is 0.353. The Bertz CT molecular complexity index is 1860. The summed E-state index contributed by atoms with van der Waals surface area (Å²) in [6.45, 7) is 3.63. The Morgan fingerprint density at radius 2 is 1.17 bits per heavy atom. The Morgan fingerprint density at radius 1 is 0.688 bits per heavy atom. The maximum atomic E-state index is 13.8. The van der Waals surface area contributed by atoms with Crippen molar-refractivity contribution in [1.29, 1.82) is 0 Å². The van der Waals surface area contributed by atoms with Crippen LogP contribution >= 0.6 is 22.7 Å². The number of hydrogen-bond acceptors (Lipinski definition) is 10. The van der Waals surface area contributed by atoms with Crippen molar-refractivity contribution in [3.05, 3.63) is 78.7 Å². The highest BCUT2D eigenvalue weighted by molar-refractivity contribution is 7.14. The first kappa shape index (κ1) is 30.8. The summed E-state index contributed by atoms with van der Waals surface area (Å²) in [5.74, 6) is -1.47. The zero-order valence-electron chi connectivity index (χ0n) is 26.1. The molecule has 2 aromatic carbocycles. The number of anilines is 2. The van der Waals surface area contributed by atoms with Crippen LogP contribution in [0.5, 0.6) is 0 Å². The smallest absolute Gasteiger partial charge is 0.317 e. The zero-order chi connectivity index (χ0) is 33.1. The molecule has 0 aliphatic carbocycles. The predicted octanol–water partition coefficient (Wildman–Crippen LogP) is 2.96. The van der Waals surface area contributed by atoms with Gasteiger partial charge in [0.25, 0.3) is 11.8 Å². The maximum absolute atomic E-state index is 13.8. The largest absolute Gasteiger partial charge is 0.480 e. The zero-order valence-corrected chi connectivity index (χ0v) is 27.7. The SMILES string of the molecule is NC(=O)CN1CCc2nc(C(=O)N3CCc4c(-c5cccc6c5CCN6C(=O)c5nc6c(s5)CN(CC(=O)O)CC6)cccc43)sc2C1. The molecule has 12 nitrogen and oxygen atoms in total. The number of thiazole rings is 2. The molecular formula is C34H33N7O5S2. The predicted molar refractivity (Wildman–Crippen MR) is 182 cm³/mol. The molecule has 0 unspecified atom stereocenters. The van der Waals surface area contributed by atoms with Crippen LogP contribution in [0.2, 0.25) is 0 Å². The van der Waals surface area contributed by atoms with Crippen molar-refractivity contribution < 1.29 is 24.3 Å². The molecular weight excluding hydrogens is 651 g/mol. The third kappa shape index (κ3) is 5.48. The number of amides is 3. The van der Waals surface area contributed by atoms with Gasteiger partial charge in [-0.1, -0.05) is 24.3 Å². The molecule has 48 heavy (non-hydrogen) atoms. The van der Waals surface area contributed by atoms with Crippen LogP contribution in [-0.2, 0) is 48.4 Å². The standard InChI is InChI=1S/C34H33N7O5S2/c35-29(42)17-38-11-9-23-27(15-38)47-31(36-23)33(45)40-13-7-21-19(3-1-5-25(21)40)20-4-2-6-26-22(20)8-14-41(26)34(46)32-37-24-10-12-39(18-30(43)44)16-28(24)48-32/h1-6H,7-18H2,(H2,35,42)(H,43,44). The number of carbonyl (C=O) groups excluding carboxylic acids is 3. The van der Waals surface area contributed by atoms with Gasteiger partial charge in [0, 0.05) is 73.2 Å². The monoisotopic (exact) mass is 683 g/mol. The molecule has 246 valence electrons. The van der Waals surface area contributed by atoms with Crippen molar-refractivity contribution in [2.45, 2.75) is 38.8 Å². The summed E-state index contributed by atoms with van der Waals surface area (Å²) in [7, 11) is 0.